The van der Waals surface area contributed by atoms with Gasteiger partial charge in [-0.1, -0.05) is 34.1 Å². The zero-order chi connectivity index (χ0) is 11.9. The van der Waals surface area contributed by atoms with Crippen LogP contribution >= 0.6 is 0 Å². The maximum absolute atomic E-state index is 9.29. The van der Waals surface area contributed by atoms with E-state index >= 15 is 0 Å². The predicted molar refractivity (Wildman–Crippen MR) is 67.0 cm³/mol. The quantitative estimate of drug-likeness (QED) is 0.652. The molecule has 0 aromatic carbocycles. The number of aliphatic hydroxyl groups is 1. The van der Waals surface area contributed by atoms with Gasteiger partial charge in [-0.05, 0) is 25.7 Å². The fourth-order valence-corrected chi connectivity index (χ4v) is 1.57. The van der Waals surface area contributed by atoms with Crippen LogP contribution in [0.2, 0.25) is 0 Å². The normalized spacial score (nSPS) is 19.6. The minimum atomic E-state index is 0.0453. The molecule has 0 saturated carbocycles. The highest BCUT2D eigenvalue weighted by Crippen LogP contribution is 2.19. The third-order valence-electron chi connectivity index (χ3n) is 3.57. The molecule has 0 radical (unpaired) electrons. The molecule has 0 aromatic rings. The Bertz CT molecular complexity index is 155. The van der Waals surface area contributed by atoms with Crippen molar-refractivity contribution in [1.82, 2.24) is 5.32 Å². The van der Waals surface area contributed by atoms with Crippen LogP contribution < -0.4 is 5.32 Å². The van der Waals surface area contributed by atoms with E-state index in [-0.39, 0.29) is 12.0 Å². The summed E-state index contributed by atoms with van der Waals surface area (Å²) in [6, 6.07) is 0.553. The minimum Gasteiger partial charge on any atom is -0.396 e. The van der Waals surface area contributed by atoms with E-state index < -0.39 is 0 Å². The lowest BCUT2D eigenvalue weighted by atomic mass is 9.88. The maximum Gasteiger partial charge on any atom is 0.0496 e. The fourth-order valence-electron chi connectivity index (χ4n) is 1.57. The molecule has 0 rings (SSSR count). The lowest BCUT2D eigenvalue weighted by Gasteiger charge is -2.28. The molecule has 2 heteroatoms. The highest BCUT2D eigenvalue weighted by Gasteiger charge is 2.21. The Labute approximate surface area is 95.5 Å². The molecule has 3 unspecified atom stereocenters. The van der Waals surface area contributed by atoms with Gasteiger partial charge in [0.1, 0.15) is 0 Å². The highest BCUT2D eigenvalue weighted by atomic mass is 16.3. The Morgan fingerprint density at radius 2 is 1.87 bits per heavy atom. The summed E-state index contributed by atoms with van der Waals surface area (Å²) in [5.74, 6) is 0.787. The van der Waals surface area contributed by atoms with Gasteiger partial charge in [0.25, 0.3) is 0 Å². The summed E-state index contributed by atoms with van der Waals surface area (Å²) in [5, 5.41) is 12.8. The monoisotopic (exact) mass is 215 g/mol. The van der Waals surface area contributed by atoms with Crippen LogP contribution in [0.25, 0.3) is 0 Å². The van der Waals surface area contributed by atoms with Crippen molar-refractivity contribution in [2.24, 2.45) is 11.3 Å². The molecule has 0 aliphatic heterocycles. The van der Waals surface area contributed by atoms with Crippen molar-refractivity contribution in [3.63, 3.8) is 0 Å². The van der Waals surface area contributed by atoms with E-state index in [4.69, 9.17) is 0 Å². The van der Waals surface area contributed by atoms with Gasteiger partial charge in [0, 0.05) is 24.6 Å². The zero-order valence-corrected chi connectivity index (χ0v) is 11.1. The molecule has 15 heavy (non-hydrogen) atoms. The van der Waals surface area contributed by atoms with Gasteiger partial charge in [0.15, 0.2) is 0 Å². The van der Waals surface area contributed by atoms with E-state index in [0.29, 0.717) is 6.04 Å². The van der Waals surface area contributed by atoms with Gasteiger partial charge >= 0.3 is 0 Å². The van der Waals surface area contributed by atoms with Crippen LogP contribution in [-0.4, -0.2) is 24.3 Å². The van der Waals surface area contributed by atoms with E-state index in [9.17, 15) is 5.11 Å². The number of hydrogen-bond donors (Lipinski definition) is 2. The molecule has 0 spiro atoms. The summed E-state index contributed by atoms with van der Waals surface area (Å²) >= 11 is 0. The van der Waals surface area contributed by atoms with Crippen molar-refractivity contribution in [2.45, 2.75) is 59.9 Å². The van der Waals surface area contributed by atoms with E-state index in [1.165, 1.54) is 12.8 Å². The maximum atomic E-state index is 9.29. The van der Waals surface area contributed by atoms with Crippen molar-refractivity contribution >= 4 is 0 Å². The summed E-state index contributed by atoms with van der Waals surface area (Å²) in [5.41, 5.74) is 0.0453. The Balaban J connectivity index is 3.83. The lowest BCUT2D eigenvalue weighted by molar-refractivity contribution is 0.131. The second-order valence-corrected chi connectivity index (χ2v) is 5.35. The van der Waals surface area contributed by atoms with Crippen LogP contribution in [-0.2, 0) is 0 Å². The zero-order valence-electron chi connectivity index (χ0n) is 11.1. The molecular weight excluding hydrogens is 186 g/mol. The van der Waals surface area contributed by atoms with Crippen LogP contribution in [0.4, 0.5) is 0 Å². The SMILES string of the molecule is CCC(C)CC(C)NCC(C)(CC)CO. The molecule has 0 amide bonds. The molecule has 92 valence electrons. The summed E-state index contributed by atoms with van der Waals surface area (Å²) < 4.78 is 0. The third-order valence-corrected chi connectivity index (χ3v) is 3.57. The minimum absolute atomic E-state index is 0.0453. The highest BCUT2D eigenvalue weighted by molar-refractivity contribution is 4.76. The Morgan fingerprint density at radius 1 is 1.27 bits per heavy atom. The van der Waals surface area contributed by atoms with Gasteiger partial charge in [0.05, 0.1) is 0 Å². The van der Waals surface area contributed by atoms with Gasteiger partial charge in [-0.2, -0.15) is 0 Å². The van der Waals surface area contributed by atoms with Crippen molar-refractivity contribution in [2.75, 3.05) is 13.2 Å². The first-order valence-electron chi connectivity index (χ1n) is 6.31. The molecule has 2 nitrogen and oxygen atoms in total. The number of hydrogen-bond acceptors (Lipinski definition) is 2. The van der Waals surface area contributed by atoms with E-state index in [2.05, 4.69) is 39.9 Å². The molecular formula is C13H29NO. The third kappa shape index (κ3) is 6.16. The summed E-state index contributed by atoms with van der Waals surface area (Å²) in [6.45, 7) is 12.2. The Hall–Kier alpha value is -0.0800. The van der Waals surface area contributed by atoms with Crippen LogP contribution in [0, 0.1) is 11.3 Å². The topological polar surface area (TPSA) is 32.3 Å². The van der Waals surface area contributed by atoms with Gasteiger partial charge in [0.2, 0.25) is 0 Å². The summed E-state index contributed by atoms with van der Waals surface area (Å²) in [7, 11) is 0. The average molecular weight is 215 g/mol. The first-order chi connectivity index (χ1) is 6.97. The molecule has 0 bridgehead atoms. The van der Waals surface area contributed by atoms with E-state index in [1.807, 2.05) is 0 Å². The van der Waals surface area contributed by atoms with Crippen LogP contribution in [0.1, 0.15) is 53.9 Å². The van der Waals surface area contributed by atoms with Crippen LogP contribution in [0.3, 0.4) is 0 Å². The number of nitrogens with one attached hydrogen (secondary N) is 1. The standard InChI is InChI=1S/C13H29NO/c1-6-11(3)8-12(4)14-9-13(5,7-2)10-15/h11-12,14-15H,6-10H2,1-5H3. The smallest absolute Gasteiger partial charge is 0.0496 e. The van der Waals surface area contributed by atoms with Crippen molar-refractivity contribution in [3.8, 4) is 0 Å². The molecule has 0 heterocycles. The van der Waals surface area contributed by atoms with Crippen molar-refractivity contribution < 1.29 is 5.11 Å². The van der Waals surface area contributed by atoms with Crippen molar-refractivity contribution in [1.29, 1.82) is 0 Å². The predicted octanol–water partition coefficient (Wildman–Crippen LogP) is 2.81. The second kappa shape index (κ2) is 7.24. The summed E-state index contributed by atoms with van der Waals surface area (Å²) in [4.78, 5) is 0. The number of aliphatic hydroxyl groups excluding tert-OH is 1. The molecule has 0 aromatic heterocycles. The second-order valence-electron chi connectivity index (χ2n) is 5.35. The molecule has 0 saturated heterocycles. The first kappa shape index (κ1) is 14.9. The van der Waals surface area contributed by atoms with Crippen LogP contribution in [0.5, 0.6) is 0 Å². The molecule has 3 atom stereocenters. The van der Waals surface area contributed by atoms with Gasteiger partial charge < -0.3 is 10.4 Å². The van der Waals surface area contributed by atoms with Crippen LogP contribution in [0.15, 0.2) is 0 Å². The summed E-state index contributed by atoms with van der Waals surface area (Å²) in [6.07, 6.45) is 3.49. The average Bonchev–Trinajstić information content (AvgIpc) is 2.25. The Morgan fingerprint density at radius 3 is 2.27 bits per heavy atom. The van der Waals surface area contributed by atoms with E-state index in [0.717, 1.165) is 18.9 Å². The Kier molecular flexibility index (Phi) is 7.20. The van der Waals surface area contributed by atoms with Gasteiger partial charge in [-0.25, -0.2) is 0 Å². The molecule has 0 aliphatic rings. The van der Waals surface area contributed by atoms with E-state index in [1.54, 1.807) is 0 Å². The van der Waals surface area contributed by atoms with Gasteiger partial charge in [-0.3, -0.25) is 0 Å². The number of rotatable bonds is 8. The van der Waals surface area contributed by atoms with Crippen molar-refractivity contribution in [3.05, 3.63) is 0 Å². The lowest BCUT2D eigenvalue weighted by Crippen LogP contribution is -2.39. The molecule has 2 N–H and O–H groups in total. The first-order valence-corrected chi connectivity index (χ1v) is 6.31. The molecule has 0 fully saturated rings. The largest absolute Gasteiger partial charge is 0.396 e. The molecule has 0 aliphatic carbocycles. The van der Waals surface area contributed by atoms with Gasteiger partial charge in [-0.15, -0.1) is 0 Å². The fraction of sp³-hybridized carbons (Fsp3) is 1.00.